The highest BCUT2D eigenvalue weighted by Crippen LogP contribution is 2.47. The monoisotopic (exact) mass is 451 g/mol. The van der Waals surface area contributed by atoms with Gasteiger partial charge in [0.15, 0.2) is 22.9 Å². The van der Waals surface area contributed by atoms with E-state index in [4.69, 9.17) is 9.47 Å². The number of halogens is 6. The summed E-state index contributed by atoms with van der Waals surface area (Å²) in [6.07, 6.45) is -8.75. The molecule has 2 aromatic rings. The summed E-state index contributed by atoms with van der Waals surface area (Å²) in [5.74, 6) is -3.26. The first-order chi connectivity index (χ1) is 14.4. The highest BCUT2D eigenvalue weighted by molar-refractivity contribution is 5.90. The maximum Gasteiger partial charge on any atom is 0.573 e. The van der Waals surface area contributed by atoms with Crippen molar-refractivity contribution < 1.29 is 50.1 Å². The summed E-state index contributed by atoms with van der Waals surface area (Å²) in [6, 6.07) is 3.31. The fourth-order valence-electron chi connectivity index (χ4n) is 2.77. The standard InChI is InChI=1S/C19H15F6NO5/c1-28-13-7-10(31-19(23,24)25)5-6-12(13)30-14-8-11(18(20,21)22)15(9-3-4-9)26-16(14)17(27)29-2/h5-9H,3-4H2,1-2H3. The number of aromatic nitrogens is 1. The average molecular weight is 451 g/mol. The number of pyridine rings is 1. The predicted molar refractivity (Wildman–Crippen MR) is 92.3 cm³/mol. The molecule has 0 saturated heterocycles. The third-order valence-corrected chi connectivity index (χ3v) is 4.25. The Kier molecular flexibility index (Phi) is 5.92. The van der Waals surface area contributed by atoms with Crippen LogP contribution in [0.2, 0.25) is 0 Å². The Hall–Kier alpha value is -3.18. The number of rotatable bonds is 6. The number of carbonyl (C=O) groups is 1. The Morgan fingerprint density at radius 1 is 1.00 bits per heavy atom. The van der Waals surface area contributed by atoms with E-state index in [0.29, 0.717) is 18.9 Å². The van der Waals surface area contributed by atoms with E-state index in [-0.39, 0.29) is 17.2 Å². The molecule has 0 spiro atoms. The minimum Gasteiger partial charge on any atom is -0.493 e. The van der Waals surface area contributed by atoms with E-state index in [1.807, 2.05) is 0 Å². The van der Waals surface area contributed by atoms with Crippen molar-refractivity contribution in [3.05, 3.63) is 41.2 Å². The number of carbonyl (C=O) groups excluding carboxylic acids is 1. The summed E-state index contributed by atoms with van der Waals surface area (Å²) in [5.41, 5.74) is -1.87. The van der Waals surface area contributed by atoms with Crippen molar-refractivity contribution in [3.63, 3.8) is 0 Å². The number of hydrogen-bond acceptors (Lipinski definition) is 6. The maximum atomic E-state index is 13.6. The molecule has 12 heteroatoms. The van der Waals surface area contributed by atoms with Crippen molar-refractivity contribution in [2.75, 3.05) is 14.2 Å². The van der Waals surface area contributed by atoms with Gasteiger partial charge in [0.1, 0.15) is 5.75 Å². The van der Waals surface area contributed by atoms with Gasteiger partial charge in [0, 0.05) is 12.0 Å². The van der Waals surface area contributed by atoms with Crippen molar-refractivity contribution in [1.82, 2.24) is 4.98 Å². The lowest BCUT2D eigenvalue weighted by molar-refractivity contribution is -0.274. The second kappa shape index (κ2) is 8.16. The van der Waals surface area contributed by atoms with Crippen molar-refractivity contribution >= 4 is 5.97 Å². The molecule has 1 aliphatic carbocycles. The molecule has 168 valence electrons. The number of benzene rings is 1. The minimum atomic E-state index is -4.96. The van der Waals surface area contributed by atoms with E-state index in [9.17, 15) is 31.1 Å². The Bertz CT molecular complexity index is 985. The molecule has 0 amide bonds. The van der Waals surface area contributed by atoms with Gasteiger partial charge in [0.05, 0.1) is 25.5 Å². The van der Waals surface area contributed by atoms with Gasteiger partial charge < -0.3 is 18.9 Å². The quantitative estimate of drug-likeness (QED) is 0.429. The third-order valence-electron chi connectivity index (χ3n) is 4.25. The molecule has 0 radical (unpaired) electrons. The van der Waals surface area contributed by atoms with Crippen LogP contribution in [0.15, 0.2) is 24.3 Å². The molecule has 31 heavy (non-hydrogen) atoms. The molecule has 1 fully saturated rings. The highest BCUT2D eigenvalue weighted by atomic mass is 19.4. The van der Waals surface area contributed by atoms with Crippen LogP contribution >= 0.6 is 0 Å². The van der Waals surface area contributed by atoms with Crippen molar-refractivity contribution in [2.24, 2.45) is 0 Å². The molecular formula is C19H15F6NO5. The molecule has 0 unspecified atom stereocenters. The second-order valence-corrected chi connectivity index (χ2v) is 6.49. The number of methoxy groups -OCH3 is 2. The Morgan fingerprint density at radius 3 is 2.19 bits per heavy atom. The third kappa shape index (κ3) is 5.30. The van der Waals surface area contributed by atoms with Crippen molar-refractivity contribution in [1.29, 1.82) is 0 Å². The summed E-state index contributed by atoms with van der Waals surface area (Å²) in [7, 11) is 2.13. The normalized spacial score (nSPS) is 14.2. The SMILES string of the molecule is COC(=O)c1nc(C2CC2)c(C(F)(F)F)cc1Oc1ccc(OC(F)(F)F)cc1OC. The molecule has 6 nitrogen and oxygen atoms in total. The smallest absolute Gasteiger partial charge is 0.493 e. The van der Waals surface area contributed by atoms with Crippen molar-refractivity contribution in [2.45, 2.75) is 31.3 Å². The Labute approximate surface area is 171 Å². The predicted octanol–water partition coefficient (Wildman–Crippen LogP) is 5.46. The summed E-state index contributed by atoms with van der Waals surface area (Å²) < 4.78 is 96.6. The molecule has 1 saturated carbocycles. The maximum absolute atomic E-state index is 13.6. The summed E-state index contributed by atoms with van der Waals surface area (Å²) in [6.45, 7) is 0. The first-order valence-electron chi connectivity index (χ1n) is 8.75. The van der Waals surface area contributed by atoms with Gasteiger partial charge in [-0.2, -0.15) is 13.2 Å². The second-order valence-electron chi connectivity index (χ2n) is 6.49. The zero-order valence-electron chi connectivity index (χ0n) is 16.1. The van der Waals surface area contributed by atoms with Gasteiger partial charge in [-0.05, 0) is 31.0 Å². The van der Waals surface area contributed by atoms with E-state index >= 15 is 0 Å². The zero-order chi connectivity index (χ0) is 23.0. The number of alkyl halides is 6. The molecule has 3 rings (SSSR count). The molecule has 0 atom stereocenters. The molecule has 1 aromatic carbocycles. The molecule has 1 aliphatic rings. The Morgan fingerprint density at radius 2 is 1.68 bits per heavy atom. The number of esters is 1. The van der Waals surface area contributed by atoms with Crippen LogP contribution in [0.25, 0.3) is 0 Å². The van der Waals surface area contributed by atoms with Crippen LogP contribution in [0, 0.1) is 0 Å². The van der Waals surface area contributed by atoms with Gasteiger partial charge in [-0.3, -0.25) is 0 Å². The van der Waals surface area contributed by atoms with Gasteiger partial charge in [-0.1, -0.05) is 0 Å². The first kappa shape index (κ1) is 22.5. The van der Waals surface area contributed by atoms with Gasteiger partial charge in [-0.25, -0.2) is 9.78 Å². The fraction of sp³-hybridized carbons (Fsp3) is 0.368. The van der Waals surface area contributed by atoms with Crippen LogP contribution in [0.5, 0.6) is 23.0 Å². The number of nitrogens with zero attached hydrogens (tertiary/aromatic N) is 1. The lowest BCUT2D eigenvalue weighted by Gasteiger charge is -2.18. The highest BCUT2D eigenvalue weighted by Gasteiger charge is 2.41. The van der Waals surface area contributed by atoms with Gasteiger partial charge in [0.2, 0.25) is 0 Å². The molecular weight excluding hydrogens is 436 g/mol. The van der Waals surface area contributed by atoms with E-state index in [1.165, 1.54) is 0 Å². The number of hydrogen-bond donors (Lipinski definition) is 0. The largest absolute Gasteiger partial charge is 0.573 e. The van der Waals surface area contributed by atoms with Crippen LogP contribution in [0.4, 0.5) is 26.3 Å². The van der Waals surface area contributed by atoms with E-state index in [0.717, 1.165) is 32.4 Å². The molecule has 0 aliphatic heterocycles. The van der Waals surface area contributed by atoms with Gasteiger partial charge in [0.25, 0.3) is 0 Å². The molecule has 1 heterocycles. The van der Waals surface area contributed by atoms with Gasteiger partial charge in [-0.15, -0.1) is 13.2 Å². The van der Waals surface area contributed by atoms with E-state index in [2.05, 4.69) is 14.5 Å². The summed E-state index contributed by atoms with van der Waals surface area (Å²) in [5, 5.41) is 0. The minimum absolute atomic E-state index is 0.267. The zero-order valence-corrected chi connectivity index (χ0v) is 16.1. The summed E-state index contributed by atoms with van der Waals surface area (Å²) in [4.78, 5) is 16.0. The van der Waals surface area contributed by atoms with Crippen LogP contribution in [0.1, 0.15) is 40.5 Å². The van der Waals surface area contributed by atoms with Crippen LogP contribution < -0.4 is 14.2 Å². The fourth-order valence-corrected chi connectivity index (χ4v) is 2.77. The topological polar surface area (TPSA) is 66.9 Å². The Balaban J connectivity index is 2.06. The lowest BCUT2D eigenvalue weighted by atomic mass is 10.1. The van der Waals surface area contributed by atoms with Crippen LogP contribution in [0.3, 0.4) is 0 Å². The first-order valence-corrected chi connectivity index (χ1v) is 8.75. The van der Waals surface area contributed by atoms with Crippen LogP contribution in [-0.2, 0) is 10.9 Å². The van der Waals surface area contributed by atoms with Crippen LogP contribution in [-0.4, -0.2) is 31.5 Å². The number of ether oxygens (including phenoxy) is 4. The lowest BCUT2D eigenvalue weighted by Crippen LogP contribution is -2.17. The van der Waals surface area contributed by atoms with E-state index in [1.54, 1.807) is 0 Å². The van der Waals surface area contributed by atoms with Gasteiger partial charge >= 0.3 is 18.5 Å². The average Bonchev–Trinajstić information content (AvgIpc) is 3.51. The molecule has 0 N–H and O–H groups in total. The molecule has 0 bridgehead atoms. The van der Waals surface area contributed by atoms with E-state index < -0.39 is 47.2 Å². The van der Waals surface area contributed by atoms with Crippen molar-refractivity contribution in [3.8, 4) is 23.0 Å². The summed E-state index contributed by atoms with van der Waals surface area (Å²) >= 11 is 0. The molecule has 1 aromatic heterocycles.